The lowest BCUT2D eigenvalue weighted by Crippen LogP contribution is -2.24. The molecule has 0 atom stereocenters. The van der Waals surface area contributed by atoms with Crippen LogP contribution >= 0.6 is 11.6 Å². The second kappa shape index (κ2) is 11.1. The van der Waals surface area contributed by atoms with Crippen molar-refractivity contribution in [2.45, 2.75) is 19.9 Å². The van der Waals surface area contributed by atoms with Crippen molar-refractivity contribution in [1.29, 1.82) is 0 Å². The summed E-state index contributed by atoms with van der Waals surface area (Å²) in [6.45, 7) is 3.19. The van der Waals surface area contributed by atoms with Crippen LogP contribution in [-0.4, -0.2) is 24.1 Å². The normalized spacial score (nSPS) is 10.3. The lowest BCUT2D eigenvalue weighted by Gasteiger charge is -2.09. The molecule has 0 spiro atoms. The third kappa shape index (κ3) is 6.97. The summed E-state index contributed by atoms with van der Waals surface area (Å²) >= 11 is 5.91. The zero-order valence-electron chi connectivity index (χ0n) is 16.6. The van der Waals surface area contributed by atoms with Gasteiger partial charge < -0.3 is 19.5 Å². The summed E-state index contributed by atoms with van der Waals surface area (Å²) in [5.41, 5.74) is 0.884. The van der Waals surface area contributed by atoms with Crippen LogP contribution in [0.25, 0.3) is 0 Å². The number of hydrogen-bond donors (Lipinski definition) is 1. The Morgan fingerprint density at radius 2 is 1.80 bits per heavy atom. The van der Waals surface area contributed by atoms with E-state index in [0.717, 1.165) is 11.3 Å². The highest BCUT2D eigenvalue weighted by atomic mass is 35.5. The van der Waals surface area contributed by atoms with Crippen LogP contribution in [0.3, 0.4) is 0 Å². The maximum absolute atomic E-state index is 12.1. The minimum absolute atomic E-state index is 0.108. The number of amides is 1. The molecule has 7 heteroatoms. The lowest BCUT2D eigenvalue weighted by molar-refractivity contribution is -0.121. The van der Waals surface area contributed by atoms with Crippen LogP contribution in [0, 0.1) is 0 Å². The molecule has 1 N–H and O–H groups in total. The highest BCUT2D eigenvalue weighted by Crippen LogP contribution is 2.23. The second-order valence-corrected chi connectivity index (χ2v) is 6.78. The van der Waals surface area contributed by atoms with Crippen LogP contribution < -0.4 is 19.5 Å². The van der Waals surface area contributed by atoms with E-state index in [4.69, 9.17) is 25.8 Å². The average molecular weight is 427 g/mol. The first-order chi connectivity index (χ1) is 14.6. The Morgan fingerprint density at radius 1 is 1.00 bits per heavy atom. The van der Waals surface area contributed by atoms with Crippen molar-refractivity contribution in [3.05, 3.63) is 77.4 Å². The molecule has 1 amide bonds. The maximum atomic E-state index is 12.1. The van der Waals surface area contributed by atoms with E-state index in [9.17, 15) is 4.79 Å². The van der Waals surface area contributed by atoms with E-state index in [1.165, 1.54) is 0 Å². The van der Waals surface area contributed by atoms with Gasteiger partial charge in [-0.2, -0.15) is 0 Å². The Balaban J connectivity index is 1.44. The molecule has 0 fully saturated rings. The fourth-order valence-corrected chi connectivity index (χ4v) is 2.80. The second-order valence-electron chi connectivity index (χ2n) is 6.34. The molecule has 0 radical (unpaired) electrons. The largest absolute Gasteiger partial charge is 0.494 e. The number of carbonyl (C=O) groups excluding carboxylic acids is 1. The third-order valence-electron chi connectivity index (χ3n) is 4.04. The highest BCUT2D eigenvalue weighted by Gasteiger charge is 2.05. The summed E-state index contributed by atoms with van der Waals surface area (Å²) in [6, 6.07) is 18.0. The van der Waals surface area contributed by atoms with E-state index < -0.39 is 0 Å². The number of halogens is 1. The molecule has 156 valence electrons. The Hall–Kier alpha value is -3.25. The van der Waals surface area contributed by atoms with Gasteiger partial charge in [0.2, 0.25) is 11.8 Å². The van der Waals surface area contributed by atoms with Gasteiger partial charge >= 0.3 is 0 Å². The van der Waals surface area contributed by atoms with Gasteiger partial charge in [0.1, 0.15) is 17.2 Å². The highest BCUT2D eigenvalue weighted by molar-refractivity contribution is 6.30. The van der Waals surface area contributed by atoms with Crippen LogP contribution in [-0.2, 0) is 11.3 Å². The number of nitrogens with one attached hydrogen (secondary N) is 1. The molecular weight excluding hydrogens is 404 g/mol. The van der Waals surface area contributed by atoms with Crippen LogP contribution in [0.15, 0.2) is 66.9 Å². The van der Waals surface area contributed by atoms with Crippen molar-refractivity contribution in [1.82, 2.24) is 10.3 Å². The number of ether oxygens (including phenoxy) is 3. The number of carbonyl (C=O) groups is 1. The summed E-state index contributed by atoms with van der Waals surface area (Å²) in [5.74, 6) is 2.43. The molecule has 0 bridgehead atoms. The zero-order valence-corrected chi connectivity index (χ0v) is 17.4. The van der Waals surface area contributed by atoms with Gasteiger partial charge in [-0.05, 0) is 61.0 Å². The van der Waals surface area contributed by atoms with Gasteiger partial charge in [0, 0.05) is 23.8 Å². The molecular formula is C23H23ClN2O4. The molecule has 2 aromatic carbocycles. The molecule has 0 unspecified atom stereocenters. The van der Waals surface area contributed by atoms with E-state index in [0.29, 0.717) is 35.6 Å². The molecule has 0 saturated heterocycles. The number of rotatable bonds is 10. The summed E-state index contributed by atoms with van der Waals surface area (Å²) in [5, 5.41) is 3.46. The van der Waals surface area contributed by atoms with Gasteiger partial charge in [-0.3, -0.25) is 4.79 Å². The van der Waals surface area contributed by atoms with E-state index in [-0.39, 0.29) is 18.9 Å². The van der Waals surface area contributed by atoms with E-state index in [1.807, 2.05) is 37.3 Å². The van der Waals surface area contributed by atoms with Crippen LogP contribution in [0.1, 0.15) is 18.9 Å². The van der Waals surface area contributed by atoms with Crippen molar-refractivity contribution in [3.8, 4) is 23.1 Å². The van der Waals surface area contributed by atoms with E-state index in [1.54, 1.807) is 36.5 Å². The molecule has 0 aliphatic carbocycles. The van der Waals surface area contributed by atoms with Crippen LogP contribution in [0.5, 0.6) is 23.1 Å². The number of benzene rings is 2. The Kier molecular flexibility index (Phi) is 7.92. The monoisotopic (exact) mass is 426 g/mol. The topological polar surface area (TPSA) is 69.7 Å². The van der Waals surface area contributed by atoms with Crippen molar-refractivity contribution in [2.75, 3.05) is 13.2 Å². The predicted molar refractivity (Wildman–Crippen MR) is 115 cm³/mol. The first-order valence-corrected chi connectivity index (χ1v) is 10.0. The number of hydrogen-bond acceptors (Lipinski definition) is 5. The quantitative estimate of drug-likeness (QED) is 0.493. The van der Waals surface area contributed by atoms with Crippen molar-refractivity contribution in [2.24, 2.45) is 0 Å². The SMILES string of the molecule is CCOc1ccc(Oc2cc(CNC(=O)CCOc3cccc(Cl)c3)ccn2)cc1. The Bertz CT molecular complexity index is 963. The van der Waals surface area contributed by atoms with Gasteiger partial charge in [0.25, 0.3) is 0 Å². The molecule has 0 aliphatic rings. The molecule has 1 heterocycles. The maximum Gasteiger partial charge on any atom is 0.223 e. The molecule has 0 aliphatic heterocycles. The lowest BCUT2D eigenvalue weighted by atomic mass is 10.2. The zero-order chi connectivity index (χ0) is 21.2. The minimum atomic E-state index is -0.108. The summed E-state index contributed by atoms with van der Waals surface area (Å²) < 4.78 is 16.7. The molecule has 3 aromatic rings. The van der Waals surface area contributed by atoms with Crippen molar-refractivity contribution >= 4 is 17.5 Å². The van der Waals surface area contributed by atoms with Crippen molar-refractivity contribution < 1.29 is 19.0 Å². The average Bonchev–Trinajstić information content (AvgIpc) is 2.74. The van der Waals surface area contributed by atoms with Gasteiger partial charge in [-0.25, -0.2) is 4.98 Å². The van der Waals surface area contributed by atoms with Gasteiger partial charge in [-0.15, -0.1) is 0 Å². The summed E-state index contributed by atoms with van der Waals surface area (Å²) in [4.78, 5) is 16.3. The number of aromatic nitrogens is 1. The number of pyridine rings is 1. The Morgan fingerprint density at radius 3 is 2.57 bits per heavy atom. The molecule has 3 rings (SSSR count). The Labute approximate surface area is 180 Å². The smallest absolute Gasteiger partial charge is 0.223 e. The molecule has 0 saturated carbocycles. The molecule has 1 aromatic heterocycles. The van der Waals surface area contributed by atoms with E-state index in [2.05, 4.69) is 10.3 Å². The fraction of sp³-hybridized carbons (Fsp3) is 0.217. The van der Waals surface area contributed by atoms with Gasteiger partial charge in [0.05, 0.1) is 19.6 Å². The number of nitrogens with zero attached hydrogens (tertiary/aromatic N) is 1. The first kappa shape index (κ1) is 21.5. The first-order valence-electron chi connectivity index (χ1n) is 9.63. The summed E-state index contributed by atoms with van der Waals surface area (Å²) in [6.07, 6.45) is 1.89. The molecule has 6 nitrogen and oxygen atoms in total. The third-order valence-corrected chi connectivity index (χ3v) is 4.28. The van der Waals surface area contributed by atoms with Gasteiger partial charge in [0.15, 0.2) is 0 Å². The van der Waals surface area contributed by atoms with Crippen LogP contribution in [0.2, 0.25) is 5.02 Å². The van der Waals surface area contributed by atoms with Gasteiger partial charge in [-0.1, -0.05) is 17.7 Å². The summed E-state index contributed by atoms with van der Waals surface area (Å²) in [7, 11) is 0. The minimum Gasteiger partial charge on any atom is -0.494 e. The van der Waals surface area contributed by atoms with Crippen molar-refractivity contribution in [3.63, 3.8) is 0 Å². The van der Waals surface area contributed by atoms with E-state index >= 15 is 0 Å². The van der Waals surface area contributed by atoms with Crippen LogP contribution in [0.4, 0.5) is 0 Å². The standard InChI is InChI=1S/C23H23ClN2O4/c1-2-28-19-6-8-20(9-7-19)30-23-14-17(10-12-25-23)16-26-22(27)11-13-29-21-5-3-4-18(24)15-21/h3-10,12,14-15H,2,11,13,16H2,1H3,(H,26,27). The fourth-order valence-electron chi connectivity index (χ4n) is 2.61. The predicted octanol–water partition coefficient (Wildman–Crippen LogP) is 5.01. The molecule has 30 heavy (non-hydrogen) atoms.